The number of hydrogen-bond acceptors (Lipinski definition) is 5. The number of nitrogens with two attached hydrogens (primary N) is 1. The number of aryl methyl sites for hydroxylation is 2. The van der Waals surface area contributed by atoms with Gasteiger partial charge in [0, 0.05) is 24.0 Å². The SMILES string of the molecule is Cc1cn2c3c(c(NCCCc4cccc(F)n4)c(F)c(N)c3c1=O)OCC2C. The Hall–Kier alpha value is -3.16. The van der Waals surface area contributed by atoms with Crippen LogP contribution in [0, 0.1) is 18.7 Å². The van der Waals surface area contributed by atoms with Gasteiger partial charge in [-0.25, -0.2) is 9.37 Å². The number of anilines is 2. The number of nitrogen functional groups attached to an aromatic ring is 1. The lowest BCUT2D eigenvalue weighted by molar-refractivity contribution is 0.247. The zero-order valence-electron chi connectivity index (χ0n) is 16.3. The molecule has 0 saturated heterocycles. The van der Waals surface area contributed by atoms with E-state index < -0.39 is 11.8 Å². The molecule has 6 nitrogen and oxygen atoms in total. The molecule has 0 fully saturated rings. The highest BCUT2D eigenvalue weighted by molar-refractivity contribution is 6.00. The molecule has 2 aromatic heterocycles. The van der Waals surface area contributed by atoms with Crippen LogP contribution in [0.2, 0.25) is 0 Å². The van der Waals surface area contributed by atoms with Crippen molar-refractivity contribution in [3.63, 3.8) is 0 Å². The number of halogens is 2. The first-order valence-electron chi connectivity index (χ1n) is 9.53. The van der Waals surface area contributed by atoms with Crippen LogP contribution < -0.4 is 21.2 Å². The second-order valence-electron chi connectivity index (χ2n) is 7.35. The minimum atomic E-state index is -0.694. The topological polar surface area (TPSA) is 82.2 Å². The fraction of sp³-hybridized carbons (Fsp3) is 0.333. The van der Waals surface area contributed by atoms with Crippen LogP contribution in [0.5, 0.6) is 5.75 Å². The van der Waals surface area contributed by atoms with Gasteiger partial charge in [-0.05, 0) is 38.8 Å². The predicted molar refractivity (Wildman–Crippen MR) is 109 cm³/mol. The quantitative estimate of drug-likeness (QED) is 0.389. The van der Waals surface area contributed by atoms with E-state index in [1.165, 1.54) is 6.07 Å². The highest BCUT2D eigenvalue weighted by atomic mass is 19.1. The van der Waals surface area contributed by atoms with Crippen molar-refractivity contribution in [2.24, 2.45) is 0 Å². The molecule has 1 aliphatic heterocycles. The lowest BCUT2D eigenvalue weighted by atomic mass is 10.0. The van der Waals surface area contributed by atoms with Crippen molar-refractivity contribution in [1.29, 1.82) is 0 Å². The van der Waals surface area contributed by atoms with Crippen LogP contribution in [0.1, 0.15) is 30.6 Å². The summed E-state index contributed by atoms with van der Waals surface area (Å²) in [5.41, 5.74) is 7.33. The number of aromatic nitrogens is 2. The average Bonchev–Trinajstić information content (AvgIpc) is 2.69. The normalized spacial score (nSPS) is 15.4. The van der Waals surface area contributed by atoms with Crippen LogP contribution in [0.15, 0.2) is 29.2 Å². The Morgan fingerprint density at radius 3 is 2.93 bits per heavy atom. The number of benzene rings is 1. The molecule has 0 bridgehead atoms. The molecule has 1 atom stereocenters. The number of pyridine rings is 2. The Balaban J connectivity index is 1.68. The Morgan fingerprint density at radius 1 is 1.38 bits per heavy atom. The average molecular weight is 400 g/mol. The molecule has 3 heterocycles. The highest BCUT2D eigenvalue weighted by Gasteiger charge is 2.28. The van der Waals surface area contributed by atoms with Crippen molar-refractivity contribution in [2.45, 2.75) is 32.7 Å². The maximum atomic E-state index is 15.1. The maximum Gasteiger partial charge on any atom is 0.213 e. The third-order valence-corrected chi connectivity index (χ3v) is 5.21. The van der Waals surface area contributed by atoms with Gasteiger partial charge in [-0.2, -0.15) is 4.39 Å². The Labute approximate surface area is 166 Å². The molecule has 29 heavy (non-hydrogen) atoms. The molecule has 0 saturated carbocycles. The summed E-state index contributed by atoms with van der Waals surface area (Å²) in [5, 5.41) is 3.19. The van der Waals surface area contributed by atoms with Crippen LogP contribution in [0.3, 0.4) is 0 Å². The van der Waals surface area contributed by atoms with E-state index in [4.69, 9.17) is 10.5 Å². The van der Waals surface area contributed by atoms with E-state index in [0.717, 1.165) is 0 Å². The second kappa shape index (κ2) is 7.35. The Bertz CT molecular complexity index is 1160. The minimum Gasteiger partial charge on any atom is -0.487 e. The summed E-state index contributed by atoms with van der Waals surface area (Å²) >= 11 is 0. The standard InChI is InChI=1S/C21H22F2N4O2/c1-11-9-27-12(2)10-29-21-18(16(23)17(24)15(19(21)27)20(11)28)25-8-4-6-13-5-3-7-14(22)26-13/h3,5,7,9,12,25H,4,6,8,10,24H2,1-2H3. The summed E-state index contributed by atoms with van der Waals surface area (Å²) < 4.78 is 36.0. The van der Waals surface area contributed by atoms with E-state index in [1.807, 2.05) is 11.5 Å². The molecule has 0 aliphatic carbocycles. The van der Waals surface area contributed by atoms with Crippen molar-refractivity contribution in [3.05, 3.63) is 57.6 Å². The van der Waals surface area contributed by atoms with Crippen LogP contribution in [0.25, 0.3) is 10.9 Å². The molecule has 4 rings (SSSR count). The first-order valence-corrected chi connectivity index (χ1v) is 9.53. The summed E-state index contributed by atoms with van der Waals surface area (Å²) in [7, 11) is 0. The second-order valence-corrected chi connectivity index (χ2v) is 7.35. The minimum absolute atomic E-state index is 0.0129. The summed E-state index contributed by atoms with van der Waals surface area (Å²) in [5.74, 6) is -0.921. The summed E-state index contributed by atoms with van der Waals surface area (Å²) in [6.07, 6.45) is 2.90. The van der Waals surface area contributed by atoms with Gasteiger partial charge in [-0.1, -0.05) is 6.07 Å². The van der Waals surface area contributed by atoms with Gasteiger partial charge in [0.25, 0.3) is 0 Å². The Morgan fingerprint density at radius 2 is 2.17 bits per heavy atom. The van der Waals surface area contributed by atoms with E-state index in [9.17, 15) is 9.18 Å². The van der Waals surface area contributed by atoms with E-state index >= 15 is 4.39 Å². The number of nitrogens with one attached hydrogen (secondary N) is 1. The molecule has 0 radical (unpaired) electrons. The molecule has 1 aliphatic rings. The molecule has 3 N–H and O–H groups in total. The smallest absolute Gasteiger partial charge is 0.213 e. The third-order valence-electron chi connectivity index (χ3n) is 5.21. The first kappa shape index (κ1) is 19.2. The summed E-state index contributed by atoms with van der Waals surface area (Å²) in [6.45, 7) is 4.42. The Kier molecular flexibility index (Phi) is 4.86. The largest absolute Gasteiger partial charge is 0.487 e. The summed E-state index contributed by atoms with van der Waals surface area (Å²) in [4.78, 5) is 16.5. The van der Waals surface area contributed by atoms with Crippen molar-refractivity contribution in [2.75, 3.05) is 24.2 Å². The molecule has 0 amide bonds. The number of nitrogens with zero attached hydrogens (tertiary/aromatic N) is 2. The first-order chi connectivity index (χ1) is 13.9. The van der Waals surface area contributed by atoms with E-state index in [1.54, 1.807) is 25.3 Å². The van der Waals surface area contributed by atoms with Crippen LogP contribution in [-0.2, 0) is 6.42 Å². The zero-order chi connectivity index (χ0) is 20.7. The zero-order valence-corrected chi connectivity index (χ0v) is 16.3. The molecule has 8 heteroatoms. The number of rotatable bonds is 5. The van der Waals surface area contributed by atoms with Gasteiger partial charge in [-0.3, -0.25) is 4.79 Å². The van der Waals surface area contributed by atoms with Gasteiger partial charge < -0.3 is 20.4 Å². The lowest BCUT2D eigenvalue weighted by Gasteiger charge is -2.29. The molecule has 1 aromatic carbocycles. The van der Waals surface area contributed by atoms with Gasteiger partial charge in [0.15, 0.2) is 17.0 Å². The van der Waals surface area contributed by atoms with Crippen molar-refractivity contribution in [1.82, 2.24) is 9.55 Å². The van der Waals surface area contributed by atoms with Gasteiger partial charge in [0.05, 0.1) is 22.6 Å². The fourth-order valence-electron chi connectivity index (χ4n) is 3.71. The van der Waals surface area contributed by atoms with Crippen LogP contribution in [-0.4, -0.2) is 22.7 Å². The molecular weight excluding hydrogens is 378 g/mol. The van der Waals surface area contributed by atoms with Crippen molar-refractivity contribution in [3.8, 4) is 5.75 Å². The predicted octanol–water partition coefficient (Wildman–Crippen LogP) is 3.56. The van der Waals surface area contributed by atoms with Crippen molar-refractivity contribution < 1.29 is 13.5 Å². The molecular formula is C21H22F2N4O2. The monoisotopic (exact) mass is 400 g/mol. The van der Waals surface area contributed by atoms with Gasteiger partial charge in [0.2, 0.25) is 5.95 Å². The molecule has 152 valence electrons. The van der Waals surface area contributed by atoms with E-state index in [0.29, 0.717) is 48.5 Å². The fourth-order valence-corrected chi connectivity index (χ4v) is 3.71. The van der Waals surface area contributed by atoms with Gasteiger partial charge >= 0.3 is 0 Å². The summed E-state index contributed by atoms with van der Waals surface area (Å²) in [6, 6.07) is 4.63. The highest BCUT2D eigenvalue weighted by Crippen LogP contribution is 2.43. The van der Waals surface area contributed by atoms with Crippen LogP contribution >= 0.6 is 0 Å². The molecule has 0 spiro atoms. The number of hydrogen-bond donors (Lipinski definition) is 2. The lowest BCUT2D eigenvalue weighted by Crippen LogP contribution is -2.26. The third kappa shape index (κ3) is 3.28. The maximum absolute atomic E-state index is 15.1. The van der Waals surface area contributed by atoms with Crippen LogP contribution in [0.4, 0.5) is 20.2 Å². The van der Waals surface area contributed by atoms with Crippen molar-refractivity contribution >= 4 is 22.3 Å². The van der Waals surface area contributed by atoms with E-state index in [-0.39, 0.29) is 28.2 Å². The molecule has 1 unspecified atom stereocenters. The van der Waals surface area contributed by atoms with Gasteiger partial charge in [0.1, 0.15) is 12.3 Å². The van der Waals surface area contributed by atoms with Gasteiger partial charge in [-0.15, -0.1) is 0 Å². The van der Waals surface area contributed by atoms with E-state index in [2.05, 4.69) is 10.3 Å². The number of ether oxygens (including phenoxy) is 1. The molecule has 3 aromatic rings.